The van der Waals surface area contributed by atoms with Gasteiger partial charge in [0.1, 0.15) is 12.5 Å². The second-order valence-electron chi connectivity index (χ2n) is 10.9. The van der Waals surface area contributed by atoms with Gasteiger partial charge in [0.15, 0.2) is 0 Å². The third-order valence-electron chi connectivity index (χ3n) is 8.42. The highest BCUT2D eigenvalue weighted by atomic mass is 16.7. The Kier molecular flexibility index (Phi) is 8.23. The van der Waals surface area contributed by atoms with Crippen molar-refractivity contribution in [1.82, 2.24) is 10.2 Å². The highest BCUT2D eigenvalue weighted by Gasteiger charge is 2.48. The normalized spacial score (nSPS) is 17.4. The summed E-state index contributed by atoms with van der Waals surface area (Å²) in [5.74, 6) is -0.694. The molecule has 6 heteroatoms. The van der Waals surface area contributed by atoms with Gasteiger partial charge in [-0.1, -0.05) is 54.6 Å². The molecule has 1 unspecified atom stereocenters. The van der Waals surface area contributed by atoms with E-state index < -0.39 is 5.79 Å². The van der Waals surface area contributed by atoms with Gasteiger partial charge in [-0.15, -0.1) is 0 Å². The fraction of sp³-hybridized carbons (Fsp3) is 0.353. The predicted octanol–water partition coefficient (Wildman–Crippen LogP) is 6.43. The molecule has 2 heterocycles. The van der Waals surface area contributed by atoms with E-state index in [1.54, 1.807) is 12.5 Å². The van der Waals surface area contributed by atoms with Crippen LogP contribution < -0.4 is 5.32 Å². The zero-order valence-electron chi connectivity index (χ0n) is 23.5. The number of hydrogen-bond donors (Lipinski definition) is 1. The van der Waals surface area contributed by atoms with Crippen LogP contribution in [0.2, 0.25) is 0 Å². The average Bonchev–Trinajstić information content (AvgIpc) is 3.48. The number of carbonyl (C=O) groups is 1. The minimum atomic E-state index is -0.876. The van der Waals surface area contributed by atoms with E-state index in [9.17, 15) is 10.1 Å². The lowest BCUT2D eigenvalue weighted by molar-refractivity contribution is -0.201. The second kappa shape index (κ2) is 12.0. The summed E-state index contributed by atoms with van der Waals surface area (Å²) in [5.41, 5.74) is 6.52. The molecule has 0 radical (unpaired) electrons. The van der Waals surface area contributed by atoms with Crippen LogP contribution in [0.5, 0.6) is 0 Å². The molecule has 0 bridgehead atoms. The molecule has 1 amide bonds. The lowest BCUT2D eigenvalue weighted by atomic mass is 9.80. The lowest BCUT2D eigenvalue weighted by Gasteiger charge is -2.43. The van der Waals surface area contributed by atoms with E-state index in [2.05, 4.69) is 35.3 Å². The molecule has 3 aromatic carbocycles. The SMILES string of the molecule is Cc1cccc(C)c1C(=O)NCCC(C)N1CCC(C2(c3ccccc3-c3ccc(C#N)cc3)OC=CO2)CC1. The van der Waals surface area contributed by atoms with E-state index in [4.69, 9.17) is 9.47 Å². The lowest BCUT2D eigenvalue weighted by Crippen LogP contribution is -2.47. The van der Waals surface area contributed by atoms with Gasteiger partial charge in [0, 0.05) is 29.6 Å². The van der Waals surface area contributed by atoms with Crippen LogP contribution in [0.3, 0.4) is 0 Å². The maximum absolute atomic E-state index is 12.8. The molecule has 1 atom stereocenters. The Labute approximate surface area is 237 Å². The van der Waals surface area contributed by atoms with Crippen LogP contribution in [-0.4, -0.2) is 36.5 Å². The molecule has 0 aliphatic carbocycles. The van der Waals surface area contributed by atoms with Crippen LogP contribution in [0.15, 0.2) is 79.3 Å². The summed E-state index contributed by atoms with van der Waals surface area (Å²) >= 11 is 0. The van der Waals surface area contributed by atoms with E-state index in [1.165, 1.54) is 0 Å². The van der Waals surface area contributed by atoms with Gasteiger partial charge in [-0.05, 0) is 87.5 Å². The van der Waals surface area contributed by atoms with Crippen molar-refractivity contribution in [2.45, 2.75) is 51.9 Å². The fourth-order valence-corrected chi connectivity index (χ4v) is 6.15. The molecule has 6 nitrogen and oxygen atoms in total. The minimum absolute atomic E-state index is 0.00686. The molecular formula is C34H37N3O3. The van der Waals surface area contributed by atoms with Crippen molar-refractivity contribution in [1.29, 1.82) is 5.26 Å². The van der Waals surface area contributed by atoms with Crippen LogP contribution in [0.4, 0.5) is 0 Å². The fourth-order valence-electron chi connectivity index (χ4n) is 6.15. The van der Waals surface area contributed by atoms with Crippen LogP contribution in [0.25, 0.3) is 11.1 Å². The summed E-state index contributed by atoms with van der Waals surface area (Å²) in [6.45, 7) is 8.72. The van der Waals surface area contributed by atoms with Gasteiger partial charge in [0.2, 0.25) is 0 Å². The zero-order valence-corrected chi connectivity index (χ0v) is 23.5. The van der Waals surface area contributed by atoms with Crippen LogP contribution in [0.1, 0.15) is 58.8 Å². The highest BCUT2D eigenvalue weighted by Crippen LogP contribution is 2.47. The first-order valence-corrected chi connectivity index (χ1v) is 14.1. The van der Waals surface area contributed by atoms with Crippen molar-refractivity contribution in [2.24, 2.45) is 5.92 Å². The van der Waals surface area contributed by atoms with Gasteiger partial charge in [-0.3, -0.25) is 4.79 Å². The molecule has 1 fully saturated rings. The summed E-state index contributed by atoms with van der Waals surface area (Å²) in [4.78, 5) is 15.3. The molecule has 2 aliphatic rings. The van der Waals surface area contributed by atoms with E-state index >= 15 is 0 Å². The summed E-state index contributed by atoms with van der Waals surface area (Å²) in [6.07, 6.45) is 6.07. The zero-order chi connectivity index (χ0) is 28.1. The number of likely N-dealkylation sites (tertiary alicyclic amines) is 1. The molecule has 0 spiro atoms. The van der Waals surface area contributed by atoms with Crippen LogP contribution in [-0.2, 0) is 15.3 Å². The average molecular weight is 536 g/mol. The summed E-state index contributed by atoms with van der Waals surface area (Å²) in [5, 5.41) is 12.3. The minimum Gasteiger partial charge on any atom is -0.452 e. The van der Waals surface area contributed by atoms with E-state index in [0.717, 1.165) is 65.7 Å². The highest BCUT2D eigenvalue weighted by molar-refractivity contribution is 5.97. The van der Waals surface area contributed by atoms with Gasteiger partial charge >= 0.3 is 0 Å². The molecule has 0 aromatic heterocycles. The Bertz CT molecular complexity index is 1390. The number of carbonyl (C=O) groups excluding carboxylic acids is 1. The van der Waals surface area contributed by atoms with Crippen molar-refractivity contribution < 1.29 is 14.3 Å². The monoisotopic (exact) mass is 535 g/mol. The number of nitrogens with zero attached hydrogens (tertiary/aromatic N) is 2. The molecule has 5 rings (SSSR count). The first kappa shape index (κ1) is 27.5. The van der Waals surface area contributed by atoms with E-state index in [-0.39, 0.29) is 11.8 Å². The summed E-state index contributed by atoms with van der Waals surface area (Å²) in [6, 6.07) is 24.4. The number of ether oxygens (including phenoxy) is 2. The Balaban J connectivity index is 1.23. The number of amides is 1. The smallest absolute Gasteiger partial charge is 0.280 e. The van der Waals surface area contributed by atoms with Crippen molar-refractivity contribution in [2.75, 3.05) is 19.6 Å². The van der Waals surface area contributed by atoms with Gasteiger partial charge in [0.05, 0.1) is 11.6 Å². The standard InChI is InChI=1S/C34H37N3O3/c1-24-7-6-8-25(2)32(24)33(38)36-18-15-26(3)37-19-16-29(17-20-37)34(39-21-22-40-34)31-10-5-4-9-30(31)28-13-11-27(23-35)12-14-28/h4-14,21-22,26,29H,15-20H2,1-3H3,(H,36,38). The third-order valence-corrected chi connectivity index (χ3v) is 8.42. The first-order valence-electron chi connectivity index (χ1n) is 14.1. The van der Waals surface area contributed by atoms with Crippen molar-refractivity contribution in [3.05, 3.63) is 107 Å². The quantitative estimate of drug-likeness (QED) is 0.360. The van der Waals surface area contributed by atoms with Gasteiger partial charge in [-0.25, -0.2) is 0 Å². The molecule has 1 saturated heterocycles. The molecule has 40 heavy (non-hydrogen) atoms. The van der Waals surface area contributed by atoms with Gasteiger partial charge in [-0.2, -0.15) is 5.26 Å². The predicted molar refractivity (Wildman–Crippen MR) is 156 cm³/mol. The third kappa shape index (κ3) is 5.48. The van der Waals surface area contributed by atoms with E-state index in [1.807, 2.05) is 68.4 Å². The van der Waals surface area contributed by atoms with Crippen LogP contribution >= 0.6 is 0 Å². The Morgan fingerprint density at radius 1 is 1.00 bits per heavy atom. The summed E-state index contributed by atoms with van der Waals surface area (Å²) < 4.78 is 12.6. The van der Waals surface area contributed by atoms with Crippen molar-refractivity contribution >= 4 is 5.91 Å². The number of piperidine rings is 1. The Hall–Kier alpha value is -4.08. The molecule has 206 valence electrons. The summed E-state index contributed by atoms with van der Waals surface area (Å²) in [7, 11) is 0. The number of nitriles is 1. The van der Waals surface area contributed by atoms with Gasteiger partial charge in [0.25, 0.3) is 11.7 Å². The number of benzene rings is 3. The largest absolute Gasteiger partial charge is 0.452 e. The number of nitrogens with one attached hydrogen (secondary N) is 1. The molecular weight excluding hydrogens is 498 g/mol. The van der Waals surface area contributed by atoms with Gasteiger partial charge < -0.3 is 19.7 Å². The molecule has 2 aliphatic heterocycles. The topological polar surface area (TPSA) is 74.6 Å². The van der Waals surface area contributed by atoms with Crippen molar-refractivity contribution in [3.8, 4) is 17.2 Å². The van der Waals surface area contributed by atoms with Crippen LogP contribution in [0, 0.1) is 31.1 Å². The second-order valence-corrected chi connectivity index (χ2v) is 10.9. The first-order chi connectivity index (χ1) is 19.4. The maximum Gasteiger partial charge on any atom is 0.280 e. The Morgan fingerprint density at radius 2 is 1.65 bits per heavy atom. The molecule has 3 aromatic rings. The maximum atomic E-state index is 12.8. The Morgan fingerprint density at radius 3 is 2.30 bits per heavy atom. The number of rotatable bonds is 8. The molecule has 0 saturated carbocycles. The van der Waals surface area contributed by atoms with Crippen molar-refractivity contribution in [3.63, 3.8) is 0 Å². The number of aryl methyl sites for hydroxylation is 2. The molecule has 1 N–H and O–H groups in total. The number of hydrogen-bond acceptors (Lipinski definition) is 5. The van der Waals surface area contributed by atoms with E-state index in [0.29, 0.717) is 18.2 Å².